The van der Waals surface area contributed by atoms with E-state index in [0.717, 1.165) is 11.1 Å². The van der Waals surface area contributed by atoms with E-state index >= 15 is 0 Å². The number of ketones is 1. The second-order valence-electron chi connectivity index (χ2n) is 9.18. The second kappa shape index (κ2) is 10.6. The number of amides is 1. The molecular weight excluding hydrogens is 462 g/mol. The first kappa shape index (κ1) is 24.2. The molecule has 5 nitrogen and oxygen atoms in total. The molecule has 0 saturated heterocycles. The van der Waals surface area contributed by atoms with Crippen LogP contribution in [-0.4, -0.2) is 24.8 Å². The van der Waals surface area contributed by atoms with E-state index in [2.05, 4.69) is 29.6 Å². The van der Waals surface area contributed by atoms with Gasteiger partial charge in [0.2, 0.25) is 0 Å². The molecule has 1 saturated carbocycles. The van der Waals surface area contributed by atoms with Crippen molar-refractivity contribution in [1.29, 1.82) is 0 Å². The monoisotopic (exact) mass is 489 g/mol. The van der Waals surface area contributed by atoms with Crippen LogP contribution in [0.3, 0.4) is 0 Å². The highest BCUT2D eigenvalue weighted by Gasteiger charge is 2.55. The topological polar surface area (TPSA) is 72.5 Å². The molecule has 1 aliphatic rings. The molecule has 0 radical (unpaired) electrons. The third-order valence-corrected chi connectivity index (χ3v) is 6.97. The Morgan fingerprint density at radius 3 is 1.59 bits per heavy atom. The van der Waals surface area contributed by atoms with E-state index in [1.165, 1.54) is 7.11 Å². The van der Waals surface area contributed by atoms with Crippen LogP contribution in [0.4, 0.5) is 0 Å². The fourth-order valence-electron chi connectivity index (χ4n) is 5.05. The molecule has 1 aliphatic carbocycles. The van der Waals surface area contributed by atoms with E-state index < -0.39 is 17.9 Å². The number of methoxy groups -OCH3 is 1. The SMILES string of the molecule is COC(=O)[C@@H](NC(=O)c1ccc(C(=O)C2[C@@H](c3ccccc3)[C@@H]2c2ccccc2)cc1)c1ccccc1. The van der Waals surface area contributed by atoms with Gasteiger partial charge < -0.3 is 10.1 Å². The summed E-state index contributed by atoms with van der Waals surface area (Å²) < 4.78 is 4.88. The second-order valence-corrected chi connectivity index (χ2v) is 9.18. The van der Waals surface area contributed by atoms with Crippen molar-refractivity contribution in [3.05, 3.63) is 143 Å². The number of carbonyl (C=O) groups excluding carboxylic acids is 3. The first-order valence-electron chi connectivity index (χ1n) is 12.3. The van der Waals surface area contributed by atoms with Crippen molar-refractivity contribution in [2.24, 2.45) is 5.92 Å². The normalized spacial score (nSPS) is 18.9. The van der Waals surface area contributed by atoms with Crippen LogP contribution in [-0.2, 0) is 9.53 Å². The van der Waals surface area contributed by atoms with Crippen molar-refractivity contribution in [3.8, 4) is 0 Å². The molecule has 4 aromatic rings. The molecule has 0 aliphatic heterocycles. The first-order valence-corrected chi connectivity index (χ1v) is 12.3. The van der Waals surface area contributed by atoms with Crippen molar-refractivity contribution in [2.45, 2.75) is 17.9 Å². The van der Waals surface area contributed by atoms with E-state index in [-0.39, 0.29) is 23.5 Å². The summed E-state index contributed by atoms with van der Waals surface area (Å²) in [5, 5.41) is 2.74. The van der Waals surface area contributed by atoms with Crippen LogP contribution in [0.5, 0.6) is 0 Å². The summed E-state index contributed by atoms with van der Waals surface area (Å²) in [6, 6.07) is 34.9. The van der Waals surface area contributed by atoms with Crippen molar-refractivity contribution in [2.75, 3.05) is 7.11 Å². The molecule has 0 bridgehead atoms. The molecule has 0 heterocycles. The van der Waals surface area contributed by atoms with E-state index in [1.54, 1.807) is 48.5 Å². The molecule has 1 N–H and O–H groups in total. The third kappa shape index (κ3) is 5.07. The average molecular weight is 490 g/mol. The van der Waals surface area contributed by atoms with Gasteiger partial charge in [-0.25, -0.2) is 4.79 Å². The lowest BCUT2D eigenvalue weighted by molar-refractivity contribution is -0.143. The minimum atomic E-state index is -0.926. The number of esters is 1. The Morgan fingerprint density at radius 2 is 1.11 bits per heavy atom. The third-order valence-electron chi connectivity index (χ3n) is 6.97. The van der Waals surface area contributed by atoms with Gasteiger partial charge in [-0.1, -0.05) is 103 Å². The lowest BCUT2D eigenvalue weighted by Crippen LogP contribution is -2.34. The van der Waals surface area contributed by atoms with Crippen LogP contribution >= 0.6 is 0 Å². The summed E-state index contributed by atoms with van der Waals surface area (Å²) in [4.78, 5) is 38.8. The lowest BCUT2D eigenvalue weighted by Gasteiger charge is -2.17. The highest BCUT2D eigenvalue weighted by atomic mass is 16.5. The molecule has 1 fully saturated rings. The standard InChI is InChI=1S/C32H27NO4/c1-37-32(36)29(23-15-9-4-10-16-23)33-31(35)25-19-17-24(18-20-25)30(34)28-26(21-11-5-2-6-12-21)27(28)22-13-7-3-8-14-22/h2-20,26-29H,1H3,(H,33,35)/t26-,27-,29-/m0/s1. The Balaban J connectivity index is 1.34. The molecule has 0 spiro atoms. The van der Waals surface area contributed by atoms with Crippen LogP contribution in [0.15, 0.2) is 115 Å². The van der Waals surface area contributed by atoms with E-state index in [9.17, 15) is 14.4 Å². The minimum Gasteiger partial charge on any atom is -0.467 e. The van der Waals surface area contributed by atoms with Gasteiger partial charge in [-0.15, -0.1) is 0 Å². The molecular formula is C32H27NO4. The molecule has 0 aromatic heterocycles. The summed E-state index contributed by atoms with van der Waals surface area (Å²) in [6.07, 6.45) is 0. The Hall–Kier alpha value is -4.51. The number of hydrogen-bond acceptors (Lipinski definition) is 4. The van der Waals surface area contributed by atoms with Gasteiger partial charge in [0.15, 0.2) is 11.8 Å². The number of rotatable bonds is 8. The Morgan fingerprint density at radius 1 is 0.649 bits per heavy atom. The summed E-state index contributed by atoms with van der Waals surface area (Å²) in [7, 11) is 1.29. The minimum absolute atomic E-state index is 0.0615. The van der Waals surface area contributed by atoms with E-state index in [0.29, 0.717) is 16.7 Å². The zero-order valence-corrected chi connectivity index (χ0v) is 20.4. The predicted molar refractivity (Wildman–Crippen MR) is 141 cm³/mol. The molecule has 0 unspecified atom stereocenters. The van der Waals surface area contributed by atoms with Gasteiger partial charge in [0.25, 0.3) is 5.91 Å². The van der Waals surface area contributed by atoms with E-state index in [4.69, 9.17) is 4.74 Å². The van der Waals surface area contributed by atoms with Gasteiger partial charge in [-0.05, 0) is 28.8 Å². The maximum atomic E-state index is 13.6. The van der Waals surface area contributed by atoms with Gasteiger partial charge in [0, 0.05) is 28.9 Å². The zero-order chi connectivity index (χ0) is 25.8. The summed E-state index contributed by atoms with van der Waals surface area (Å²) in [5.74, 6) is -0.845. The quantitative estimate of drug-likeness (QED) is 0.254. The van der Waals surface area contributed by atoms with Crippen molar-refractivity contribution >= 4 is 17.7 Å². The Kier molecular flexibility index (Phi) is 6.95. The van der Waals surface area contributed by atoms with Crippen molar-refractivity contribution < 1.29 is 19.1 Å². The average Bonchev–Trinajstić information content (AvgIpc) is 3.72. The summed E-state index contributed by atoms with van der Waals surface area (Å²) in [6.45, 7) is 0. The fourth-order valence-corrected chi connectivity index (χ4v) is 5.05. The number of hydrogen-bond donors (Lipinski definition) is 1. The number of benzene rings is 4. The van der Waals surface area contributed by atoms with Crippen LogP contribution in [0.25, 0.3) is 0 Å². The van der Waals surface area contributed by atoms with Gasteiger partial charge in [0.05, 0.1) is 7.11 Å². The smallest absolute Gasteiger partial charge is 0.333 e. The fraction of sp³-hybridized carbons (Fsp3) is 0.156. The van der Waals surface area contributed by atoms with Crippen LogP contribution in [0.2, 0.25) is 0 Å². The Bertz CT molecular complexity index is 1340. The maximum Gasteiger partial charge on any atom is 0.333 e. The van der Waals surface area contributed by atoms with Gasteiger partial charge in [-0.3, -0.25) is 9.59 Å². The van der Waals surface area contributed by atoms with Crippen LogP contribution in [0.1, 0.15) is 55.3 Å². The molecule has 3 atom stereocenters. The van der Waals surface area contributed by atoms with Crippen LogP contribution in [0, 0.1) is 5.92 Å². The molecule has 5 rings (SSSR count). The zero-order valence-electron chi connectivity index (χ0n) is 20.4. The predicted octanol–water partition coefficient (Wildman–Crippen LogP) is 5.71. The van der Waals surface area contributed by atoms with Crippen LogP contribution < -0.4 is 5.32 Å². The number of nitrogens with one attached hydrogen (secondary N) is 1. The summed E-state index contributed by atoms with van der Waals surface area (Å²) >= 11 is 0. The summed E-state index contributed by atoms with van der Waals surface area (Å²) in [5.41, 5.74) is 3.85. The van der Waals surface area contributed by atoms with Gasteiger partial charge >= 0.3 is 5.97 Å². The van der Waals surface area contributed by atoms with Crippen molar-refractivity contribution in [1.82, 2.24) is 5.32 Å². The largest absolute Gasteiger partial charge is 0.467 e. The maximum absolute atomic E-state index is 13.6. The van der Waals surface area contributed by atoms with Gasteiger partial charge in [0.1, 0.15) is 0 Å². The molecule has 37 heavy (non-hydrogen) atoms. The van der Waals surface area contributed by atoms with Crippen molar-refractivity contribution in [3.63, 3.8) is 0 Å². The Labute approximate surface area is 216 Å². The number of carbonyl (C=O) groups is 3. The molecule has 1 amide bonds. The molecule has 5 heteroatoms. The number of Topliss-reactive ketones (excluding diaryl/α,β-unsaturated/α-hetero) is 1. The molecule has 4 aromatic carbocycles. The van der Waals surface area contributed by atoms with Gasteiger partial charge in [-0.2, -0.15) is 0 Å². The molecule has 184 valence electrons. The lowest BCUT2D eigenvalue weighted by atomic mass is 10.0. The highest BCUT2D eigenvalue weighted by molar-refractivity contribution is 6.03. The number of ether oxygens (including phenoxy) is 1. The highest BCUT2D eigenvalue weighted by Crippen LogP contribution is 2.61. The first-order chi connectivity index (χ1) is 18.1. The van der Waals surface area contributed by atoms with E-state index in [1.807, 2.05) is 42.5 Å².